The third-order valence-corrected chi connectivity index (χ3v) is 3.34. The van der Waals surface area contributed by atoms with Crippen LogP contribution in [0.2, 0.25) is 0 Å². The van der Waals surface area contributed by atoms with Crippen molar-refractivity contribution < 1.29 is 73.9 Å². The first-order valence-corrected chi connectivity index (χ1v) is 5.69. The zero-order valence-electron chi connectivity index (χ0n) is 10.2. The van der Waals surface area contributed by atoms with Crippen molar-refractivity contribution in [1.82, 2.24) is 10.2 Å². The number of carbonyl (C=O) groups is 2. The summed E-state index contributed by atoms with van der Waals surface area (Å²) >= 11 is 0. The van der Waals surface area contributed by atoms with Gasteiger partial charge in [-0.2, -0.15) is 0 Å². The molecule has 0 radical (unpaired) electrons. The summed E-state index contributed by atoms with van der Waals surface area (Å²) in [5, 5.41) is 2.44. The number of rotatable bonds is 2. The molecule has 1 aliphatic heterocycles. The minimum Gasteiger partial charge on any atom is -0.448 e. The Balaban J connectivity index is 0.00000162. The van der Waals surface area contributed by atoms with Crippen molar-refractivity contribution in [3.8, 4) is 0 Å². The van der Waals surface area contributed by atoms with E-state index in [0.29, 0.717) is 17.7 Å². The Hall–Kier alpha value is 0.431. The van der Waals surface area contributed by atoms with Crippen LogP contribution in [0.4, 0.5) is 17.7 Å². The van der Waals surface area contributed by atoms with Gasteiger partial charge in [0.05, 0.1) is 0 Å². The Morgan fingerprint density at radius 2 is 1.72 bits per heavy atom. The molecule has 0 bridgehead atoms. The number of nitrogens with zero attached hydrogens (tertiary/aromatic N) is 1. The number of hydrogen-bond acceptors (Lipinski definition) is 2. The van der Waals surface area contributed by atoms with Crippen LogP contribution in [0, 0.1) is 0 Å². The summed E-state index contributed by atoms with van der Waals surface area (Å²) in [4.78, 5) is 23.7. The molecule has 1 saturated carbocycles. The number of hydrogen-bond donors (Lipinski definition) is 1. The van der Waals surface area contributed by atoms with Crippen molar-refractivity contribution in [3.63, 3.8) is 0 Å². The molecule has 0 unspecified atom stereocenters. The Bertz CT molecular complexity index is 358. The number of amides is 3. The third-order valence-electron chi connectivity index (χ3n) is 3.34. The Kier molecular flexibility index (Phi) is 5.33. The average Bonchev–Trinajstić information content (AvgIpc) is 2.43. The molecule has 4 nitrogen and oxygen atoms in total. The van der Waals surface area contributed by atoms with Gasteiger partial charge in [0, 0.05) is 6.44 Å². The topological polar surface area (TPSA) is 49.4 Å². The van der Waals surface area contributed by atoms with Crippen molar-refractivity contribution in [1.29, 1.82) is 0 Å². The first-order valence-electron chi connectivity index (χ1n) is 5.69. The quantitative estimate of drug-likeness (QED) is 0.503. The predicted octanol–water partition coefficient (Wildman–Crippen LogP) is -1.37. The van der Waals surface area contributed by atoms with Crippen molar-refractivity contribution >= 4 is 18.9 Å². The van der Waals surface area contributed by atoms with Gasteiger partial charge in [0.15, 0.2) is 0 Å². The van der Waals surface area contributed by atoms with Gasteiger partial charge in [-0.3, -0.25) is 9.69 Å². The van der Waals surface area contributed by atoms with Gasteiger partial charge in [0.25, 0.3) is 5.91 Å². The molecule has 2 fully saturated rings. The van der Waals surface area contributed by atoms with Gasteiger partial charge in [-0.1, -0.05) is 19.3 Å². The first-order chi connectivity index (χ1) is 7.84. The van der Waals surface area contributed by atoms with Crippen LogP contribution >= 0.6 is 0 Å². The molecule has 0 atom stereocenters. The first kappa shape index (κ1) is 16.5. The van der Waals surface area contributed by atoms with Gasteiger partial charge in [0.2, 0.25) is 0 Å². The van der Waals surface area contributed by atoms with Crippen LogP contribution in [-0.4, -0.2) is 35.8 Å². The maximum absolute atomic E-state index is 12.3. The van der Waals surface area contributed by atoms with E-state index < -0.39 is 30.9 Å². The molecule has 96 valence electrons. The van der Waals surface area contributed by atoms with Crippen molar-refractivity contribution in [2.45, 2.75) is 37.6 Å². The summed E-state index contributed by atoms with van der Waals surface area (Å²) in [7, 11) is 0. The molecule has 2 aliphatic rings. The number of imide groups is 1. The maximum atomic E-state index is 12.3. The molecule has 1 saturated heterocycles. The van der Waals surface area contributed by atoms with E-state index in [-0.39, 0.29) is 51.4 Å². The molecular weight excluding hydrogens is 275 g/mol. The van der Waals surface area contributed by atoms with Crippen LogP contribution in [0.15, 0.2) is 0 Å². The fourth-order valence-corrected chi connectivity index (χ4v) is 2.54. The summed E-state index contributed by atoms with van der Waals surface area (Å²) < 4.78 is 36.9. The van der Waals surface area contributed by atoms with E-state index in [2.05, 4.69) is 5.32 Å². The van der Waals surface area contributed by atoms with Crippen molar-refractivity contribution in [2.75, 3.05) is 6.44 Å². The molecular formula is C9H13BF3KN2O2. The van der Waals surface area contributed by atoms with E-state index >= 15 is 0 Å². The van der Waals surface area contributed by atoms with Crippen LogP contribution in [0.5, 0.6) is 0 Å². The van der Waals surface area contributed by atoms with Gasteiger partial charge in [0.1, 0.15) is 5.54 Å². The Morgan fingerprint density at radius 1 is 1.17 bits per heavy atom. The minimum absolute atomic E-state index is 0. The third kappa shape index (κ3) is 3.30. The van der Waals surface area contributed by atoms with Gasteiger partial charge in [-0.05, 0) is 12.8 Å². The summed E-state index contributed by atoms with van der Waals surface area (Å²) in [5.41, 5.74) is -1.06. The largest absolute Gasteiger partial charge is 1.00 e. The van der Waals surface area contributed by atoms with Gasteiger partial charge in [-0.25, -0.2) is 4.79 Å². The molecule has 18 heavy (non-hydrogen) atoms. The number of nitrogens with one attached hydrogen (secondary N) is 1. The van der Waals surface area contributed by atoms with Crippen molar-refractivity contribution in [2.24, 2.45) is 0 Å². The van der Waals surface area contributed by atoms with Crippen LogP contribution in [0.1, 0.15) is 32.1 Å². The van der Waals surface area contributed by atoms with Gasteiger partial charge >= 0.3 is 64.4 Å². The Labute approximate surface area is 146 Å². The van der Waals surface area contributed by atoms with E-state index in [1.807, 2.05) is 0 Å². The van der Waals surface area contributed by atoms with Crippen LogP contribution in [0.3, 0.4) is 0 Å². The summed E-state index contributed by atoms with van der Waals surface area (Å²) in [5.74, 6) is -0.707. The standard InChI is InChI=1S/C9H13BF3N2O2.K/c11-10(12,13)6-15-7(16)9(14-8(15)17)4-2-1-3-5-9;/h1-6H2,(H,14,17);/q-1;+1. The minimum atomic E-state index is -5.18. The smallest absolute Gasteiger partial charge is 0.448 e. The van der Waals surface area contributed by atoms with E-state index in [1.165, 1.54) is 0 Å². The monoisotopic (exact) mass is 288 g/mol. The second kappa shape index (κ2) is 5.82. The van der Waals surface area contributed by atoms with Crippen LogP contribution in [-0.2, 0) is 4.79 Å². The predicted molar refractivity (Wildman–Crippen MR) is 55.1 cm³/mol. The molecule has 1 heterocycles. The normalized spacial score (nSPS) is 22.9. The fraction of sp³-hybridized carbons (Fsp3) is 0.778. The molecule has 2 rings (SSSR count). The van der Waals surface area contributed by atoms with E-state index in [0.717, 1.165) is 19.3 Å². The van der Waals surface area contributed by atoms with Crippen molar-refractivity contribution in [3.05, 3.63) is 0 Å². The number of carbonyl (C=O) groups excluding carboxylic acids is 2. The SMILES string of the molecule is O=C1NC2(CCCCC2)C(=O)N1C[B-](F)(F)F.[K+]. The summed E-state index contributed by atoms with van der Waals surface area (Å²) in [6.45, 7) is -5.18. The molecule has 9 heteroatoms. The molecule has 1 N–H and O–H groups in total. The summed E-state index contributed by atoms with van der Waals surface area (Å²) in [6.07, 6.45) is 1.92. The molecule has 0 aromatic rings. The fourth-order valence-electron chi connectivity index (χ4n) is 2.54. The van der Waals surface area contributed by atoms with Gasteiger partial charge in [-0.15, -0.1) is 0 Å². The van der Waals surface area contributed by atoms with Gasteiger partial charge < -0.3 is 18.3 Å². The molecule has 0 aromatic heterocycles. The number of halogens is 3. The van der Waals surface area contributed by atoms with E-state index in [9.17, 15) is 22.5 Å². The van der Waals surface area contributed by atoms with Crippen LogP contribution < -0.4 is 56.7 Å². The average molecular weight is 288 g/mol. The van der Waals surface area contributed by atoms with E-state index in [4.69, 9.17) is 0 Å². The van der Waals surface area contributed by atoms with Crippen LogP contribution in [0.25, 0.3) is 0 Å². The number of urea groups is 1. The summed E-state index contributed by atoms with van der Waals surface area (Å²) in [6, 6.07) is -0.906. The molecule has 0 aromatic carbocycles. The molecule has 1 spiro atoms. The second-order valence-corrected chi connectivity index (χ2v) is 4.70. The second-order valence-electron chi connectivity index (χ2n) is 4.70. The molecule has 1 aliphatic carbocycles. The molecule has 3 amide bonds. The zero-order valence-corrected chi connectivity index (χ0v) is 13.3. The maximum Gasteiger partial charge on any atom is 1.00 e. The van der Waals surface area contributed by atoms with E-state index in [1.54, 1.807) is 0 Å². The zero-order chi connectivity index (χ0) is 12.7. The Morgan fingerprint density at radius 3 is 2.22 bits per heavy atom.